The first-order chi connectivity index (χ1) is 9.72. The highest BCUT2D eigenvalue weighted by Crippen LogP contribution is 2.10. The topological polar surface area (TPSA) is 70.6 Å². The number of aliphatic imine (C=N–C) groups is 1. The lowest BCUT2D eigenvalue weighted by molar-refractivity contribution is 0.475. The van der Waals surface area contributed by atoms with Crippen molar-refractivity contribution in [1.82, 2.24) is 5.32 Å². The molecule has 0 saturated carbocycles. The van der Waals surface area contributed by atoms with E-state index in [9.17, 15) is 5.11 Å². The van der Waals surface area contributed by atoms with Crippen LogP contribution in [0.25, 0.3) is 0 Å². The van der Waals surface area contributed by atoms with Gasteiger partial charge in [-0.15, -0.1) is 24.0 Å². The number of phenols is 1. The van der Waals surface area contributed by atoms with Gasteiger partial charge in [0.2, 0.25) is 0 Å². The molecule has 0 amide bonds. The second-order valence-electron chi connectivity index (χ2n) is 5.06. The molecule has 0 unspecified atom stereocenters. The van der Waals surface area contributed by atoms with Crippen molar-refractivity contribution in [3.8, 4) is 5.75 Å². The van der Waals surface area contributed by atoms with Gasteiger partial charge in [0.05, 0.1) is 6.54 Å². The second kappa shape index (κ2) is 12.7. The Balaban J connectivity index is 0.00000400. The zero-order chi connectivity index (χ0) is 14.6. The standard InChI is InChI=1S/C16H27N3O.HI/c1-2-3-4-5-6-7-12-18-16(17)19-13-14-8-10-15(20)11-9-14;/h8-11,20H,2-7,12-13H2,1H3,(H3,17,18,19);1H. The summed E-state index contributed by atoms with van der Waals surface area (Å²) in [5, 5.41) is 12.3. The van der Waals surface area contributed by atoms with E-state index < -0.39 is 0 Å². The summed E-state index contributed by atoms with van der Waals surface area (Å²) in [5.74, 6) is 0.763. The summed E-state index contributed by atoms with van der Waals surface area (Å²) in [6.07, 6.45) is 7.65. The summed E-state index contributed by atoms with van der Waals surface area (Å²) in [4.78, 5) is 4.27. The predicted octanol–water partition coefficient (Wildman–Crippen LogP) is 3.78. The van der Waals surface area contributed by atoms with E-state index in [1.807, 2.05) is 12.1 Å². The van der Waals surface area contributed by atoms with E-state index in [1.165, 1.54) is 32.1 Å². The van der Waals surface area contributed by atoms with Gasteiger partial charge in [-0.05, 0) is 24.1 Å². The Labute approximate surface area is 145 Å². The van der Waals surface area contributed by atoms with Gasteiger partial charge in [-0.2, -0.15) is 0 Å². The number of nitrogens with zero attached hydrogens (tertiary/aromatic N) is 1. The lowest BCUT2D eigenvalue weighted by Gasteiger charge is -2.05. The average molecular weight is 405 g/mol. The van der Waals surface area contributed by atoms with Crippen LogP contribution in [-0.2, 0) is 6.54 Å². The van der Waals surface area contributed by atoms with Crippen LogP contribution in [0, 0.1) is 0 Å². The highest BCUT2D eigenvalue weighted by Gasteiger charge is 1.95. The molecule has 0 spiro atoms. The summed E-state index contributed by atoms with van der Waals surface area (Å²) < 4.78 is 0. The van der Waals surface area contributed by atoms with Gasteiger partial charge < -0.3 is 16.2 Å². The van der Waals surface area contributed by atoms with Crippen LogP contribution in [-0.4, -0.2) is 17.6 Å². The minimum Gasteiger partial charge on any atom is -0.508 e. The molecule has 0 aliphatic rings. The minimum atomic E-state index is 0. The Kier molecular flexibility index (Phi) is 12.1. The fourth-order valence-corrected chi connectivity index (χ4v) is 1.96. The van der Waals surface area contributed by atoms with Crippen LogP contribution in [0.5, 0.6) is 5.75 Å². The number of phenolic OH excluding ortho intramolecular Hbond substituents is 1. The Bertz CT molecular complexity index is 393. The van der Waals surface area contributed by atoms with Crippen LogP contribution in [0.4, 0.5) is 0 Å². The zero-order valence-electron chi connectivity index (χ0n) is 12.8. The molecule has 1 aromatic rings. The molecule has 0 saturated heterocycles. The van der Waals surface area contributed by atoms with Gasteiger partial charge in [-0.3, -0.25) is 0 Å². The first kappa shape index (κ1) is 20.0. The molecule has 1 aromatic carbocycles. The smallest absolute Gasteiger partial charge is 0.188 e. The third kappa shape index (κ3) is 10.4. The average Bonchev–Trinajstić information content (AvgIpc) is 2.46. The molecule has 0 atom stereocenters. The summed E-state index contributed by atoms with van der Waals surface area (Å²) >= 11 is 0. The van der Waals surface area contributed by atoms with E-state index in [0.29, 0.717) is 12.5 Å². The number of nitrogens with one attached hydrogen (secondary N) is 1. The molecular weight excluding hydrogens is 377 g/mol. The second-order valence-corrected chi connectivity index (χ2v) is 5.06. The van der Waals surface area contributed by atoms with E-state index in [-0.39, 0.29) is 29.7 Å². The quantitative estimate of drug-likeness (QED) is 0.254. The number of nitrogens with two attached hydrogens (primary N) is 1. The maximum absolute atomic E-state index is 9.18. The van der Waals surface area contributed by atoms with Crippen LogP contribution in [0.1, 0.15) is 51.0 Å². The third-order valence-corrected chi connectivity index (χ3v) is 3.20. The SMILES string of the molecule is CCCCCCCCNC(N)=NCc1ccc(O)cc1.I. The Morgan fingerprint density at radius 1 is 1.10 bits per heavy atom. The first-order valence-electron chi connectivity index (χ1n) is 7.54. The fourth-order valence-electron chi connectivity index (χ4n) is 1.96. The van der Waals surface area contributed by atoms with Gasteiger partial charge in [0.15, 0.2) is 5.96 Å². The van der Waals surface area contributed by atoms with E-state index in [1.54, 1.807) is 12.1 Å². The Morgan fingerprint density at radius 2 is 1.71 bits per heavy atom. The molecular formula is C16H28IN3O. The van der Waals surface area contributed by atoms with Crippen molar-refractivity contribution in [2.75, 3.05) is 6.54 Å². The lowest BCUT2D eigenvalue weighted by Crippen LogP contribution is -2.32. The summed E-state index contributed by atoms with van der Waals surface area (Å²) in [7, 11) is 0. The van der Waals surface area contributed by atoms with Crippen LogP contribution < -0.4 is 11.1 Å². The molecule has 0 aliphatic heterocycles. The maximum Gasteiger partial charge on any atom is 0.188 e. The molecule has 5 heteroatoms. The molecule has 4 nitrogen and oxygen atoms in total. The van der Waals surface area contributed by atoms with Crippen LogP contribution in [0.15, 0.2) is 29.3 Å². The van der Waals surface area contributed by atoms with Crippen molar-refractivity contribution >= 4 is 29.9 Å². The van der Waals surface area contributed by atoms with Crippen LogP contribution >= 0.6 is 24.0 Å². The van der Waals surface area contributed by atoms with Gasteiger partial charge in [-0.25, -0.2) is 4.99 Å². The number of hydrogen-bond donors (Lipinski definition) is 3. The highest BCUT2D eigenvalue weighted by molar-refractivity contribution is 14.0. The number of hydrogen-bond acceptors (Lipinski definition) is 2. The maximum atomic E-state index is 9.18. The molecule has 0 aliphatic carbocycles. The van der Waals surface area contributed by atoms with Gasteiger partial charge in [-0.1, -0.05) is 51.2 Å². The largest absolute Gasteiger partial charge is 0.508 e. The molecule has 0 radical (unpaired) electrons. The number of rotatable bonds is 9. The lowest BCUT2D eigenvalue weighted by atomic mass is 10.1. The zero-order valence-corrected chi connectivity index (χ0v) is 15.2. The van der Waals surface area contributed by atoms with Gasteiger partial charge in [0.25, 0.3) is 0 Å². The highest BCUT2D eigenvalue weighted by atomic mass is 127. The molecule has 0 aromatic heterocycles. The van der Waals surface area contributed by atoms with Gasteiger partial charge in [0.1, 0.15) is 5.75 Å². The van der Waals surface area contributed by atoms with E-state index in [2.05, 4.69) is 17.2 Å². The molecule has 21 heavy (non-hydrogen) atoms. The normalized spacial score (nSPS) is 11.0. The number of aromatic hydroxyl groups is 1. The van der Waals surface area contributed by atoms with Crippen molar-refractivity contribution in [3.05, 3.63) is 29.8 Å². The fraction of sp³-hybridized carbons (Fsp3) is 0.562. The number of halogens is 1. The van der Waals surface area contributed by atoms with Crippen molar-refractivity contribution in [2.24, 2.45) is 10.7 Å². The van der Waals surface area contributed by atoms with Gasteiger partial charge >= 0.3 is 0 Å². The molecule has 0 bridgehead atoms. The molecule has 1 rings (SSSR count). The Morgan fingerprint density at radius 3 is 2.38 bits per heavy atom. The minimum absolute atomic E-state index is 0. The van der Waals surface area contributed by atoms with Crippen LogP contribution in [0.3, 0.4) is 0 Å². The van der Waals surface area contributed by atoms with Gasteiger partial charge in [0, 0.05) is 6.54 Å². The third-order valence-electron chi connectivity index (χ3n) is 3.20. The monoisotopic (exact) mass is 405 g/mol. The van der Waals surface area contributed by atoms with Crippen molar-refractivity contribution in [2.45, 2.75) is 52.0 Å². The molecule has 0 heterocycles. The van der Waals surface area contributed by atoms with Crippen molar-refractivity contribution in [3.63, 3.8) is 0 Å². The summed E-state index contributed by atoms with van der Waals surface area (Å²) in [6.45, 7) is 3.65. The van der Waals surface area contributed by atoms with E-state index in [0.717, 1.165) is 18.5 Å². The molecule has 4 N–H and O–H groups in total. The Hall–Kier alpha value is -0.980. The van der Waals surface area contributed by atoms with E-state index >= 15 is 0 Å². The summed E-state index contributed by atoms with van der Waals surface area (Å²) in [5.41, 5.74) is 6.84. The van der Waals surface area contributed by atoms with Crippen molar-refractivity contribution < 1.29 is 5.11 Å². The number of guanidine groups is 1. The predicted molar refractivity (Wildman–Crippen MR) is 100 cm³/mol. The number of benzene rings is 1. The first-order valence-corrected chi connectivity index (χ1v) is 7.54. The molecule has 120 valence electrons. The van der Waals surface area contributed by atoms with Crippen LogP contribution in [0.2, 0.25) is 0 Å². The summed E-state index contributed by atoms with van der Waals surface area (Å²) in [6, 6.07) is 7.01. The van der Waals surface area contributed by atoms with Crippen molar-refractivity contribution in [1.29, 1.82) is 0 Å². The molecule has 0 fully saturated rings. The number of unbranched alkanes of at least 4 members (excludes halogenated alkanes) is 5. The van der Waals surface area contributed by atoms with E-state index in [4.69, 9.17) is 5.73 Å².